The largest absolute Gasteiger partial charge is 0.505 e. The number of nitrogens with one attached hydrogen (secondary N) is 1. The normalized spacial score (nSPS) is 10.7. The van der Waals surface area contributed by atoms with Crippen molar-refractivity contribution in [2.75, 3.05) is 0 Å². The van der Waals surface area contributed by atoms with Gasteiger partial charge in [0.2, 0.25) is 0 Å². The molecule has 0 saturated heterocycles. The third-order valence-corrected chi connectivity index (χ3v) is 3.13. The number of aryl methyl sites for hydroxylation is 2. The van der Waals surface area contributed by atoms with Crippen LogP contribution in [0, 0.1) is 19.4 Å². The monoisotopic (exact) mass is 232 g/mol. The minimum absolute atomic E-state index is 0.0283. The Hall–Kier alpha value is -1.55. The van der Waals surface area contributed by atoms with Gasteiger partial charge >= 0.3 is 0 Å². The highest BCUT2D eigenvalue weighted by atomic mass is 32.1. The molecule has 82 valence electrons. The molecular formula is C12H12N2OS. The predicted octanol–water partition coefficient (Wildman–Crippen LogP) is 4.11. The lowest BCUT2D eigenvalue weighted by Gasteiger charge is -2.09. The van der Waals surface area contributed by atoms with Crippen LogP contribution < -0.4 is 0 Å². The van der Waals surface area contributed by atoms with Gasteiger partial charge < -0.3 is 5.11 Å². The van der Waals surface area contributed by atoms with Crippen molar-refractivity contribution in [3.63, 3.8) is 0 Å². The summed E-state index contributed by atoms with van der Waals surface area (Å²) in [5.74, 6) is 0.0283. The minimum atomic E-state index is 0.0283. The van der Waals surface area contributed by atoms with Gasteiger partial charge in [-0.15, -0.1) is 12.6 Å². The molecule has 0 radical (unpaired) electrons. The van der Waals surface area contributed by atoms with Gasteiger partial charge in [-0.2, -0.15) is 5.11 Å². The number of hydrogen-bond donors (Lipinski definition) is 3. The van der Waals surface area contributed by atoms with E-state index in [0.717, 1.165) is 16.5 Å². The van der Waals surface area contributed by atoms with Crippen molar-refractivity contribution in [2.45, 2.75) is 18.7 Å². The van der Waals surface area contributed by atoms with Gasteiger partial charge in [0.1, 0.15) is 5.69 Å². The number of hydrogen-bond acceptors (Lipinski definition) is 4. The van der Waals surface area contributed by atoms with Crippen LogP contribution in [0.3, 0.4) is 0 Å². The van der Waals surface area contributed by atoms with Gasteiger partial charge in [0.15, 0.2) is 5.75 Å². The Morgan fingerprint density at radius 3 is 2.44 bits per heavy atom. The lowest BCUT2D eigenvalue weighted by atomic mass is 10.0. The van der Waals surface area contributed by atoms with Crippen molar-refractivity contribution in [2.24, 2.45) is 5.11 Å². The molecule has 0 aliphatic carbocycles. The zero-order valence-corrected chi connectivity index (χ0v) is 9.97. The maximum Gasteiger partial charge on any atom is 0.152 e. The van der Waals surface area contributed by atoms with Gasteiger partial charge in [0.25, 0.3) is 0 Å². The molecule has 0 heterocycles. The molecule has 0 bridgehead atoms. The molecule has 0 aromatic heterocycles. The third kappa shape index (κ3) is 1.55. The van der Waals surface area contributed by atoms with Crippen LogP contribution >= 0.6 is 12.6 Å². The molecule has 2 aromatic rings. The van der Waals surface area contributed by atoms with E-state index in [2.05, 4.69) is 17.7 Å². The average molecular weight is 232 g/mol. The van der Waals surface area contributed by atoms with Crippen molar-refractivity contribution >= 4 is 29.1 Å². The molecular weight excluding hydrogens is 220 g/mol. The van der Waals surface area contributed by atoms with Crippen molar-refractivity contribution in [3.8, 4) is 5.75 Å². The second-order valence-electron chi connectivity index (χ2n) is 3.86. The fourth-order valence-electron chi connectivity index (χ4n) is 1.74. The number of phenols is 1. The Labute approximate surface area is 99.0 Å². The molecule has 3 nitrogen and oxygen atoms in total. The maximum absolute atomic E-state index is 9.98. The fraction of sp³-hybridized carbons (Fsp3) is 0.167. The van der Waals surface area contributed by atoms with Crippen LogP contribution in [0.5, 0.6) is 5.75 Å². The molecule has 2 aromatic carbocycles. The van der Waals surface area contributed by atoms with E-state index >= 15 is 0 Å². The molecule has 4 heteroatoms. The van der Waals surface area contributed by atoms with E-state index in [4.69, 9.17) is 5.53 Å². The van der Waals surface area contributed by atoms with Crippen LogP contribution in [0.25, 0.3) is 10.8 Å². The molecule has 16 heavy (non-hydrogen) atoms. The Balaban J connectivity index is 2.93. The number of aromatic hydroxyl groups is 1. The summed E-state index contributed by atoms with van der Waals surface area (Å²) in [4.78, 5) is 0.517. The van der Waals surface area contributed by atoms with Crippen LogP contribution in [-0.2, 0) is 0 Å². The van der Waals surface area contributed by atoms with E-state index in [1.165, 1.54) is 0 Å². The second-order valence-corrected chi connectivity index (χ2v) is 4.34. The Kier molecular flexibility index (Phi) is 2.59. The first-order chi connectivity index (χ1) is 7.54. The average Bonchev–Trinajstić information content (AvgIpc) is 2.22. The Bertz CT molecular complexity index is 593. The first-order valence-electron chi connectivity index (χ1n) is 4.88. The molecule has 2 rings (SSSR count). The number of fused-ring (bicyclic) bond motifs is 1. The maximum atomic E-state index is 9.98. The van der Waals surface area contributed by atoms with Crippen LogP contribution in [-0.4, -0.2) is 5.11 Å². The van der Waals surface area contributed by atoms with Crippen LogP contribution in [0.4, 0.5) is 5.69 Å². The summed E-state index contributed by atoms with van der Waals surface area (Å²) >= 11 is 4.21. The quantitative estimate of drug-likeness (QED) is 0.503. The summed E-state index contributed by atoms with van der Waals surface area (Å²) in [7, 11) is 0. The lowest BCUT2D eigenvalue weighted by Crippen LogP contribution is -1.84. The number of benzene rings is 2. The summed E-state index contributed by atoms with van der Waals surface area (Å²) in [6, 6.07) is 5.72. The summed E-state index contributed by atoms with van der Waals surface area (Å²) < 4.78 is 0. The van der Waals surface area contributed by atoms with E-state index in [9.17, 15) is 5.11 Å². The second kappa shape index (κ2) is 3.79. The van der Waals surface area contributed by atoms with E-state index < -0.39 is 0 Å². The highest BCUT2D eigenvalue weighted by Crippen LogP contribution is 2.40. The third-order valence-electron chi connectivity index (χ3n) is 2.79. The number of phenolic OH excluding ortho intramolecular Hbond substituents is 1. The van der Waals surface area contributed by atoms with Crippen LogP contribution in [0.2, 0.25) is 0 Å². The summed E-state index contributed by atoms with van der Waals surface area (Å²) in [5, 5.41) is 14.9. The van der Waals surface area contributed by atoms with E-state index in [-0.39, 0.29) is 11.4 Å². The molecule has 0 fully saturated rings. The Morgan fingerprint density at radius 2 is 1.81 bits per heavy atom. The molecule has 0 aliphatic rings. The molecule has 0 aliphatic heterocycles. The van der Waals surface area contributed by atoms with E-state index in [1.54, 1.807) is 0 Å². The molecule has 0 saturated carbocycles. The number of thiol groups is 1. The standard InChI is InChI=1S/C12H12N2OS/c1-6-3-8-5-10(16)11(14-13)12(15)9(8)4-7(6)2/h3-5,13,15-16H,1-2H3. The molecule has 0 amide bonds. The van der Waals surface area contributed by atoms with E-state index in [1.807, 2.05) is 32.0 Å². The topological polar surface area (TPSA) is 56.4 Å². The summed E-state index contributed by atoms with van der Waals surface area (Å²) in [5.41, 5.74) is 9.50. The smallest absolute Gasteiger partial charge is 0.152 e. The molecule has 2 N–H and O–H groups in total. The van der Waals surface area contributed by atoms with Crippen LogP contribution in [0.1, 0.15) is 11.1 Å². The highest BCUT2D eigenvalue weighted by Gasteiger charge is 2.11. The highest BCUT2D eigenvalue weighted by molar-refractivity contribution is 7.80. The summed E-state index contributed by atoms with van der Waals surface area (Å²) in [6.07, 6.45) is 0. The Morgan fingerprint density at radius 1 is 1.19 bits per heavy atom. The molecule has 0 unspecified atom stereocenters. The zero-order chi connectivity index (χ0) is 11.9. The van der Waals surface area contributed by atoms with E-state index in [0.29, 0.717) is 10.3 Å². The van der Waals surface area contributed by atoms with Crippen LogP contribution in [0.15, 0.2) is 28.2 Å². The van der Waals surface area contributed by atoms with Gasteiger partial charge in [-0.1, -0.05) is 6.07 Å². The first kappa shape index (κ1) is 11.0. The fourth-order valence-corrected chi connectivity index (χ4v) is 2.03. The van der Waals surface area contributed by atoms with Gasteiger partial charge in [0, 0.05) is 10.3 Å². The minimum Gasteiger partial charge on any atom is -0.505 e. The van der Waals surface area contributed by atoms with Gasteiger partial charge in [-0.25, -0.2) is 5.53 Å². The van der Waals surface area contributed by atoms with Crippen molar-refractivity contribution in [3.05, 3.63) is 29.3 Å². The zero-order valence-electron chi connectivity index (χ0n) is 9.07. The lowest BCUT2D eigenvalue weighted by molar-refractivity contribution is 0.481. The predicted molar refractivity (Wildman–Crippen MR) is 67.1 cm³/mol. The number of rotatable bonds is 1. The molecule has 0 atom stereocenters. The van der Waals surface area contributed by atoms with Crippen molar-refractivity contribution in [1.29, 1.82) is 5.53 Å². The number of nitrogens with zero attached hydrogens (tertiary/aromatic N) is 1. The van der Waals surface area contributed by atoms with Gasteiger partial charge in [-0.05, 0) is 42.5 Å². The van der Waals surface area contributed by atoms with Gasteiger partial charge in [-0.3, -0.25) is 0 Å². The first-order valence-corrected chi connectivity index (χ1v) is 5.32. The van der Waals surface area contributed by atoms with Gasteiger partial charge in [0.05, 0.1) is 0 Å². The SMILES string of the molecule is Cc1cc2cc(S)c(N=N)c(O)c2cc1C. The molecule has 0 spiro atoms. The summed E-state index contributed by atoms with van der Waals surface area (Å²) in [6.45, 7) is 4.01. The van der Waals surface area contributed by atoms with Crippen molar-refractivity contribution in [1.82, 2.24) is 0 Å². The van der Waals surface area contributed by atoms with Crippen molar-refractivity contribution < 1.29 is 5.11 Å².